The Bertz CT molecular complexity index is 632. The smallest absolute Gasteiger partial charge is 0.241 e. The van der Waals surface area contributed by atoms with E-state index in [-0.39, 0.29) is 11.5 Å². The van der Waals surface area contributed by atoms with Gasteiger partial charge in [-0.25, -0.2) is 8.42 Å². The summed E-state index contributed by atoms with van der Waals surface area (Å²) in [6.07, 6.45) is 1.50. The van der Waals surface area contributed by atoms with Crippen LogP contribution in [0.15, 0.2) is 52.0 Å². The standard InChI is InChI=1S/C14H17NO4S/c1-11-5-7-12(8-6-11)20(16,17)15-13(10-18-2)14-4-3-9-19-14/h3-9,13,15H,10H2,1-2H3/t13-/m0/s1. The highest BCUT2D eigenvalue weighted by Crippen LogP contribution is 2.18. The lowest BCUT2D eigenvalue weighted by Crippen LogP contribution is -2.31. The van der Waals surface area contributed by atoms with Crippen molar-refractivity contribution in [2.75, 3.05) is 13.7 Å². The van der Waals surface area contributed by atoms with E-state index in [9.17, 15) is 8.42 Å². The van der Waals surface area contributed by atoms with Gasteiger partial charge in [-0.15, -0.1) is 0 Å². The molecule has 0 bridgehead atoms. The maximum atomic E-state index is 12.3. The summed E-state index contributed by atoms with van der Waals surface area (Å²) in [5.41, 5.74) is 1.00. The highest BCUT2D eigenvalue weighted by molar-refractivity contribution is 7.89. The highest BCUT2D eigenvalue weighted by Gasteiger charge is 2.23. The zero-order valence-electron chi connectivity index (χ0n) is 11.4. The first-order valence-electron chi connectivity index (χ1n) is 6.14. The van der Waals surface area contributed by atoms with Gasteiger partial charge in [-0.05, 0) is 31.2 Å². The Balaban J connectivity index is 2.23. The second kappa shape index (κ2) is 6.21. The predicted octanol–water partition coefficient (Wildman–Crippen LogP) is 2.25. The fourth-order valence-electron chi connectivity index (χ4n) is 1.80. The number of hydrogen-bond acceptors (Lipinski definition) is 4. The van der Waals surface area contributed by atoms with E-state index in [1.165, 1.54) is 13.4 Å². The first-order valence-corrected chi connectivity index (χ1v) is 7.62. The molecule has 0 aliphatic heterocycles. The molecule has 0 fully saturated rings. The molecule has 1 N–H and O–H groups in total. The van der Waals surface area contributed by atoms with E-state index in [1.54, 1.807) is 36.4 Å². The van der Waals surface area contributed by atoms with E-state index in [2.05, 4.69) is 4.72 Å². The maximum absolute atomic E-state index is 12.3. The van der Waals surface area contributed by atoms with Crippen molar-refractivity contribution in [2.45, 2.75) is 17.9 Å². The molecule has 1 aromatic heterocycles. The molecule has 0 spiro atoms. The Labute approximate surface area is 118 Å². The summed E-state index contributed by atoms with van der Waals surface area (Å²) in [6, 6.07) is 9.52. The highest BCUT2D eigenvalue weighted by atomic mass is 32.2. The van der Waals surface area contributed by atoms with Crippen molar-refractivity contribution in [3.8, 4) is 0 Å². The summed E-state index contributed by atoms with van der Waals surface area (Å²) in [4.78, 5) is 0.218. The SMILES string of the molecule is COC[C@H](NS(=O)(=O)c1ccc(C)cc1)c1ccco1. The number of nitrogens with one attached hydrogen (secondary N) is 1. The zero-order valence-corrected chi connectivity index (χ0v) is 12.2. The summed E-state index contributed by atoms with van der Waals surface area (Å²) in [7, 11) is -2.10. The molecular weight excluding hydrogens is 278 g/mol. The van der Waals surface area contributed by atoms with Gasteiger partial charge in [0.2, 0.25) is 10.0 Å². The Morgan fingerprint density at radius 1 is 1.25 bits per heavy atom. The van der Waals surface area contributed by atoms with E-state index in [1.807, 2.05) is 6.92 Å². The largest absolute Gasteiger partial charge is 0.468 e. The van der Waals surface area contributed by atoms with E-state index in [0.29, 0.717) is 5.76 Å². The predicted molar refractivity (Wildman–Crippen MR) is 74.8 cm³/mol. The van der Waals surface area contributed by atoms with Gasteiger partial charge in [0.25, 0.3) is 0 Å². The second-order valence-corrected chi connectivity index (χ2v) is 6.17. The molecule has 0 radical (unpaired) electrons. The van der Waals surface area contributed by atoms with Crippen molar-refractivity contribution in [2.24, 2.45) is 0 Å². The Morgan fingerprint density at radius 2 is 1.95 bits per heavy atom. The fraction of sp³-hybridized carbons (Fsp3) is 0.286. The Morgan fingerprint density at radius 3 is 2.50 bits per heavy atom. The third-order valence-corrected chi connectivity index (χ3v) is 4.34. The minimum Gasteiger partial charge on any atom is -0.468 e. The van der Waals surface area contributed by atoms with Crippen molar-refractivity contribution in [1.82, 2.24) is 4.72 Å². The van der Waals surface area contributed by atoms with Gasteiger partial charge in [0.05, 0.1) is 17.8 Å². The first-order chi connectivity index (χ1) is 9.53. The molecule has 5 nitrogen and oxygen atoms in total. The molecule has 1 aromatic carbocycles. The lowest BCUT2D eigenvalue weighted by molar-refractivity contribution is 0.166. The van der Waals surface area contributed by atoms with Gasteiger partial charge in [0.15, 0.2) is 0 Å². The molecule has 108 valence electrons. The van der Waals surface area contributed by atoms with Crippen LogP contribution in [-0.4, -0.2) is 22.1 Å². The fourth-order valence-corrected chi connectivity index (χ4v) is 2.99. The molecule has 2 aromatic rings. The van der Waals surface area contributed by atoms with Gasteiger partial charge in [-0.1, -0.05) is 17.7 Å². The zero-order chi connectivity index (χ0) is 14.6. The molecule has 0 saturated carbocycles. The van der Waals surface area contributed by atoms with Crippen LogP contribution in [0.1, 0.15) is 17.4 Å². The number of ether oxygens (including phenoxy) is 1. The van der Waals surface area contributed by atoms with Gasteiger partial charge >= 0.3 is 0 Å². The monoisotopic (exact) mass is 295 g/mol. The van der Waals surface area contributed by atoms with Crippen molar-refractivity contribution >= 4 is 10.0 Å². The van der Waals surface area contributed by atoms with Gasteiger partial charge in [-0.3, -0.25) is 0 Å². The maximum Gasteiger partial charge on any atom is 0.241 e. The number of benzene rings is 1. The first kappa shape index (κ1) is 14.8. The number of sulfonamides is 1. The van der Waals surface area contributed by atoms with Gasteiger partial charge in [0.1, 0.15) is 11.8 Å². The average Bonchev–Trinajstić information content (AvgIpc) is 2.92. The van der Waals surface area contributed by atoms with Gasteiger partial charge < -0.3 is 9.15 Å². The van der Waals surface area contributed by atoms with Crippen molar-refractivity contribution in [1.29, 1.82) is 0 Å². The number of furan rings is 1. The molecule has 0 aliphatic carbocycles. The number of rotatable bonds is 6. The molecule has 2 rings (SSSR count). The van der Waals surface area contributed by atoms with Crippen molar-refractivity contribution in [3.05, 3.63) is 54.0 Å². The summed E-state index contributed by atoms with van der Waals surface area (Å²) in [6.45, 7) is 2.10. The number of aryl methyl sites for hydroxylation is 1. The van der Waals surface area contributed by atoms with Crippen LogP contribution in [0, 0.1) is 6.92 Å². The molecule has 0 aliphatic rings. The minimum atomic E-state index is -3.61. The van der Waals surface area contributed by atoms with Crippen LogP contribution in [0.2, 0.25) is 0 Å². The molecule has 1 atom stereocenters. The van der Waals surface area contributed by atoms with Crippen molar-refractivity contribution < 1.29 is 17.6 Å². The molecule has 20 heavy (non-hydrogen) atoms. The van der Waals surface area contributed by atoms with Crippen LogP contribution >= 0.6 is 0 Å². The molecule has 6 heteroatoms. The third kappa shape index (κ3) is 3.47. The molecular formula is C14H17NO4S. The Kier molecular flexibility index (Phi) is 4.59. The van der Waals surface area contributed by atoms with Crippen LogP contribution < -0.4 is 4.72 Å². The van der Waals surface area contributed by atoms with Crippen LogP contribution in [-0.2, 0) is 14.8 Å². The summed E-state index contributed by atoms with van der Waals surface area (Å²) < 4.78 is 37.5. The van der Waals surface area contributed by atoms with Crippen LogP contribution in [0.5, 0.6) is 0 Å². The summed E-state index contributed by atoms with van der Waals surface area (Å²) in [5.74, 6) is 0.516. The van der Waals surface area contributed by atoms with E-state index in [4.69, 9.17) is 9.15 Å². The van der Waals surface area contributed by atoms with Gasteiger partial charge in [-0.2, -0.15) is 4.72 Å². The van der Waals surface area contributed by atoms with E-state index >= 15 is 0 Å². The third-order valence-electron chi connectivity index (χ3n) is 2.85. The number of methoxy groups -OCH3 is 1. The van der Waals surface area contributed by atoms with Crippen molar-refractivity contribution in [3.63, 3.8) is 0 Å². The van der Waals surface area contributed by atoms with E-state index in [0.717, 1.165) is 5.56 Å². The van der Waals surface area contributed by atoms with E-state index < -0.39 is 16.1 Å². The molecule has 0 saturated heterocycles. The molecule has 0 amide bonds. The quantitative estimate of drug-likeness (QED) is 0.887. The van der Waals surface area contributed by atoms with Crippen LogP contribution in [0.3, 0.4) is 0 Å². The lowest BCUT2D eigenvalue weighted by Gasteiger charge is -2.16. The average molecular weight is 295 g/mol. The minimum absolute atomic E-state index is 0.193. The Hall–Kier alpha value is -1.63. The second-order valence-electron chi connectivity index (χ2n) is 4.46. The van der Waals surface area contributed by atoms with Crippen LogP contribution in [0.25, 0.3) is 0 Å². The van der Waals surface area contributed by atoms with Gasteiger partial charge in [0, 0.05) is 7.11 Å². The summed E-state index contributed by atoms with van der Waals surface area (Å²) in [5, 5.41) is 0. The molecule has 1 heterocycles. The topological polar surface area (TPSA) is 68.5 Å². The molecule has 0 unspecified atom stereocenters. The number of hydrogen-bond donors (Lipinski definition) is 1. The normalized spacial score (nSPS) is 13.3. The van der Waals surface area contributed by atoms with Crippen LogP contribution in [0.4, 0.5) is 0 Å². The lowest BCUT2D eigenvalue weighted by atomic mass is 10.2. The summed E-state index contributed by atoms with van der Waals surface area (Å²) >= 11 is 0.